The number of carbonyl (C=O) groups excluding carboxylic acids is 1. The van der Waals surface area contributed by atoms with Gasteiger partial charge in [0, 0.05) is 10.0 Å². The van der Waals surface area contributed by atoms with Crippen molar-refractivity contribution in [2.75, 3.05) is 0 Å². The van der Waals surface area contributed by atoms with Crippen LogP contribution in [0.15, 0.2) is 16.6 Å². The monoisotopic (exact) mass is 320 g/mol. The molecule has 1 nitrogen and oxygen atoms in total. The predicted molar refractivity (Wildman–Crippen MR) is 49.5 cm³/mol. The van der Waals surface area contributed by atoms with Gasteiger partial charge in [0.05, 0.1) is 11.1 Å². The molecule has 0 radical (unpaired) electrons. The maximum absolute atomic E-state index is 12.4. The lowest BCUT2D eigenvalue weighted by Crippen LogP contribution is -2.13. The number of benzene rings is 1. The minimum absolute atomic E-state index is 0.0446. The molecule has 0 bridgehead atoms. The van der Waals surface area contributed by atoms with Crippen molar-refractivity contribution in [2.24, 2.45) is 0 Å². The Balaban J connectivity index is 3.56. The Morgan fingerprint density at radius 3 is 1.88 bits per heavy atom. The molecule has 17 heavy (non-hydrogen) atoms. The summed E-state index contributed by atoms with van der Waals surface area (Å²) < 4.78 is 73.5. The maximum atomic E-state index is 12.4. The summed E-state index contributed by atoms with van der Waals surface area (Å²) in [6, 6.07) is 0.309. The molecule has 0 N–H and O–H groups in total. The number of aldehydes is 1. The van der Waals surface area contributed by atoms with Crippen LogP contribution in [0.4, 0.5) is 26.3 Å². The second-order valence-electron chi connectivity index (χ2n) is 3.04. The first-order valence-corrected chi connectivity index (χ1v) is 4.79. The lowest BCUT2D eigenvalue weighted by molar-refractivity contribution is -0.143. The third-order valence-corrected chi connectivity index (χ3v) is 2.75. The van der Waals surface area contributed by atoms with Crippen molar-refractivity contribution >= 4 is 22.2 Å². The highest BCUT2D eigenvalue weighted by Crippen LogP contribution is 2.40. The van der Waals surface area contributed by atoms with E-state index in [0.717, 1.165) is 0 Å². The van der Waals surface area contributed by atoms with Crippen LogP contribution in [0.1, 0.15) is 21.5 Å². The molecule has 0 saturated heterocycles. The second-order valence-corrected chi connectivity index (χ2v) is 3.83. The first kappa shape index (κ1) is 14.0. The van der Waals surface area contributed by atoms with Gasteiger partial charge < -0.3 is 0 Å². The molecule has 94 valence electrons. The summed E-state index contributed by atoms with van der Waals surface area (Å²) in [5.41, 5.74) is -3.75. The summed E-state index contributed by atoms with van der Waals surface area (Å²) in [6.45, 7) is 0. The Hall–Kier alpha value is -1.05. The van der Waals surface area contributed by atoms with Crippen LogP contribution in [0.25, 0.3) is 0 Å². The van der Waals surface area contributed by atoms with E-state index >= 15 is 0 Å². The highest BCUT2D eigenvalue weighted by atomic mass is 79.9. The van der Waals surface area contributed by atoms with Crippen LogP contribution < -0.4 is 0 Å². The van der Waals surface area contributed by atoms with E-state index in [-0.39, 0.29) is 12.4 Å². The largest absolute Gasteiger partial charge is 0.417 e. The number of alkyl halides is 6. The number of halogens is 7. The first-order valence-electron chi connectivity index (χ1n) is 4.00. The SMILES string of the molecule is O=Cc1cc(C(F)(F)F)cc(C(F)(F)F)c1Br. The van der Waals surface area contributed by atoms with Gasteiger partial charge in [0.15, 0.2) is 6.29 Å². The summed E-state index contributed by atoms with van der Waals surface area (Å²) >= 11 is 2.46. The van der Waals surface area contributed by atoms with E-state index in [1.54, 1.807) is 0 Å². The first-order chi connectivity index (χ1) is 7.57. The van der Waals surface area contributed by atoms with Crippen LogP contribution in [0.5, 0.6) is 0 Å². The van der Waals surface area contributed by atoms with E-state index in [1.165, 1.54) is 0 Å². The van der Waals surface area contributed by atoms with Crippen LogP contribution in [-0.2, 0) is 12.4 Å². The molecule has 0 spiro atoms. The molecule has 1 rings (SSSR count). The lowest BCUT2D eigenvalue weighted by Gasteiger charge is -2.14. The van der Waals surface area contributed by atoms with Gasteiger partial charge in [-0.3, -0.25) is 4.79 Å². The van der Waals surface area contributed by atoms with Crippen molar-refractivity contribution in [1.82, 2.24) is 0 Å². The average Bonchev–Trinajstić information content (AvgIpc) is 2.14. The molecule has 0 aliphatic heterocycles. The fraction of sp³-hybridized carbons (Fsp3) is 0.222. The van der Waals surface area contributed by atoms with Crippen molar-refractivity contribution in [1.29, 1.82) is 0 Å². The van der Waals surface area contributed by atoms with E-state index in [1.807, 2.05) is 0 Å². The molecule has 0 fully saturated rings. The molecule has 0 saturated carbocycles. The molecule has 1 aromatic rings. The molecular formula is C9H3BrF6O. The van der Waals surface area contributed by atoms with Crippen molar-refractivity contribution in [2.45, 2.75) is 12.4 Å². The fourth-order valence-corrected chi connectivity index (χ4v) is 1.65. The van der Waals surface area contributed by atoms with E-state index in [0.29, 0.717) is 6.07 Å². The second kappa shape index (κ2) is 4.32. The Morgan fingerprint density at radius 1 is 1.00 bits per heavy atom. The van der Waals surface area contributed by atoms with Gasteiger partial charge in [0.2, 0.25) is 0 Å². The van der Waals surface area contributed by atoms with Crippen LogP contribution in [0.2, 0.25) is 0 Å². The quantitative estimate of drug-likeness (QED) is 0.557. The van der Waals surface area contributed by atoms with Gasteiger partial charge in [-0.1, -0.05) is 0 Å². The summed E-state index contributed by atoms with van der Waals surface area (Å²) in [5, 5.41) is 0. The Bertz CT molecular complexity index is 448. The number of rotatable bonds is 1. The third kappa shape index (κ3) is 2.99. The van der Waals surface area contributed by atoms with Gasteiger partial charge in [-0.05, 0) is 28.1 Å². The van der Waals surface area contributed by atoms with Gasteiger partial charge in [0.1, 0.15) is 0 Å². The van der Waals surface area contributed by atoms with Crippen molar-refractivity contribution in [3.8, 4) is 0 Å². The molecule has 1 aromatic carbocycles. The Morgan fingerprint density at radius 2 is 1.53 bits per heavy atom. The minimum Gasteiger partial charge on any atom is -0.298 e. The molecule has 0 unspecified atom stereocenters. The molecule has 0 atom stereocenters. The molecule has 0 amide bonds. The molecule has 0 aliphatic rings. The van der Waals surface area contributed by atoms with Crippen molar-refractivity contribution in [3.63, 3.8) is 0 Å². The fourth-order valence-electron chi connectivity index (χ4n) is 1.10. The predicted octanol–water partition coefficient (Wildman–Crippen LogP) is 4.30. The average molecular weight is 321 g/mol. The molecular weight excluding hydrogens is 318 g/mol. The van der Waals surface area contributed by atoms with Crippen LogP contribution >= 0.6 is 15.9 Å². The van der Waals surface area contributed by atoms with Gasteiger partial charge in [0.25, 0.3) is 0 Å². The van der Waals surface area contributed by atoms with Gasteiger partial charge in [-0.15, -0.1) is 0 Å². The number of hydrogen-bond donors (Lipinski definition) is 0. The van der Waals surface area contributed by atoms with E-state index in [2.05, 4.69) is 15.9 Å². The topological polar surface area (TPSA) is 17.1 Å². The normalized spacial score (nSPS) is 12.6. The summed E-state index contributed by atoms with van der Waals surface area (Å²) in [5.74, 6) is 0. The van der Waals surface area contributed by atoms with Crippen LogP contribution in [0, 0.1) is 0 Å². The highest BCUT2D eigenvalue weighted by Gasteiger charge is 2.39. The third-order valence-electron chi connectivity index (χ3n) is 1.86. The zero-order valence-electron chi connectivity index (χ0n) is 7.79. The highest BCUT2D eigenvalue weighted by molar-refractivity contribution is 9.10. The van der Waals surface area contributed by atoms with E-state index < -0.39 is 33.5 Å². The molecule has 8 heteroatoms. The summed E-state index contributed by atoms with van der Waals surface area (Å²) in [4.78, 5) is 10.4. The van der Waals surface area contributed by atoms with Crippen molar-refractivity contribution < 1.29 is 31.1 Å². The smallest absolute Gasteiger partial charge is 0.298 e. The Labute approximate surface area is 99.5 Å². The zero-order chi connectivity index (χ0) is 13.4. The van der Waals surface area contributed by atoms with Crippen LogP contribution in [0.3, 0.4) is 0 Å². The minimum atomic E-state index is -4.97. The molecule has 0 aromatic heterocycles. The maximum Gasteiger partial charge on any atom is 0.417 e. The van der Waals surface area contributed by atoms with Gasteiger partial charge in [-0.25, -0.2) is 0 Å². The molecule has 0 heterocycles. The lowest BCUT2D eigenvalue weighted by atomic mass is 10.1. The number of carbonyl (C=O) groups is 1. The van der Waals surface area contributed by atoms with Crippen molar-refractivity contribution in [3.05, 3.63) is 33.3 Å². The zero-order valence-corrected chi connectivity index (χ0v) is 9.37. The Kier molecular flexibility index (Phi) is 3.56. The van der Waals surface area contributed by atoms with Crippen LogP contribution in [-0.4, -0.2) is 6.29 Å². The van der Waals surface area contributed by atoms with E-state index in [9.17, 15) is 31.1 Å². The summed E-state index contributed by atoms with van der Waals surface area (Å²) in [6.07, 6.45) is -10.00. The van der Waals surface area contributed by atoms with Gasteiger partial charge in [-0.2, -0.15) is 26.3 Å². The summed E-state index contributed by atoms with van der Waals surface area (Å²) in [7, 11) is 0. The van der Waals surface area contributed by atoms with Gasteiger partial charge >= 0.3 is 12.4 Å². The number of hydrogen-bond acceptors (Lipinski definition) is 1. The van der Waals surface area contributed by atoms with E-state index in [4.69, 9.17) is 0 Å². The standard InChI is InChI=1S/C9H3BrF6O/c10-7-4(3-17)1-5(8(11,12)13)2-6(7)9(14,15)16/h1-3H. The molecule has 0 aliphatic carbocycles.